The van der Waals surface area contributed by atoms with Gasteiger partial charge in [0.15, 0.2) is 0 Å². The zero-order valence-electron chi connectivity index (χ0n) is 12.1. The molecule has 1 N–H and O–H groups in total. The Morgan fingerprint density at radius 1 is 1.39 bits per heavy atom. The molecule has 4 nitrogen and oxygen atoms in total. The first-order chi connectivity index (χ1) is 8.56. The van der Waals surface area contributed by atoms with Crippen LogP contribution in [0.15, 0.2) is 0 Å². The van der Waals surface area contributed by atoms with Crippen LogP contribution in [0.2, 0.25) is 0 Å². The fraction of sp³-hybridized carbons (Fsp3) is 0.929. The van der Waals surface area contributed by atoms with Crippen LogP contribution in [-0.4, -0.2) is 50.7 Å². The monoisotopic (exact) mass is 256 g/mol. The van der Waals surface area contributed by atoms with Gasteiger partial charge >= 0.3 is 5.97 Å². The van der Waals surface area contributed by atoms with Crippen molar-refractivity contribution < 1.29 is 9.53 Å². The molecule has 1 aliphatic heterocycles. The highest BCUT2D eigenvalue weighted by molar-refractivity contribution is 5.71. The summed E-state index contributed by atoms with van der Waals surface area (Å²) in [6.45, 7) is 8.50. The van der Waals surface area contributed by atoms with Gasteiger partial charge in [-0.25, -0.2) is 0 Å². The summed E-state index contributed by atoms with van der Waals surface area (Å²) in [4.78, 5) is 13.8. The van der Waals surface area contributed by atoms with Crippen molar-refractivity contribution in [1.82, 2.24) is 10.2 Å². The van der Waals surface area contributed by atoms with Crippen LogP contribution in [0.3, 0.4) is 0 Å². The maximum absolute atomic E-state index is 11.4. The molecule has 0 amide bonds. The number of esters is 1. The number of ether oxygens (including phenoxy) is 1. The van der Waals surface area contributed by atoms with E-state index in [0.29, 0.717) is 18.6 Å². The van der Waals surface area contributed by atoms with E-state index in [9.17, 15) is 4.79 Å². The number of nitrogens with zero attached hydrogens (tertiary/aromatic N) is 1. The van der Waals surface area contributed by atoms with Crippen molar-refractivity contribution in [2.45, 2.75) is 39.5 Å². The van der Waals surface area contributed by atoms with Crippen molar-refractivity contribution in [1.29, 1.82) is 0 Å². The summed E-state index contributed by atoms with van der Waals surface area (Å²) in [5.41, 5.74) is 0.330. The molecule has 0 saturated carbocycles. The Kier molecular flexibility index (Phi) is 6.65. The Bertz CT molecular complexity index is 248. The summed E-state index contributed by atoms with van der Waals surface area (Å²) in [6, 6.07) is 0. The van der Waals surface area contributed by atoms with Gasteiger partial charge in [-0.15, -0.1) is 0 Å². The van der Waals surface area contributed by atoms with E-state index in [1.165, 1.54) is 12.8 Å². The molecule has 4 heteroatoms. The number of rotatable bonds is 7. The molecule has 1 fully saturated rings. The smallest absolute Gasteiger partial charge is 0.319 e. The van der Waals surface area contributed by atoms with Crippen molar-refractivity contribution in [3.05, 3.63) is 0 Å². The minimum absolute atomic E-state index is 0.125. The summed E-state index contributed by atoms with van der Waals surface area (Å²) in [5, 5.41) is 3.24. The lowest BCUT2D eigenvalue weighted by Gasteiger charge is -2.38. The van der Waals surface area contributed by atoms with E-state index < -0.39 is 0 Å². The molecule has 0 aliphatic carbocycles. The molecule has 0 spiro atoms. The van der Waals surface area contributed by atoms with Crippen LogP contribution in [0, 0.1) is 5.41 Å². The lowest BCUT2D eigenvalue weighted by Crippen LogP contribution is -2.43. The second-order valence-electron chi connectivity index (χ2n) is 5.79. The highest BCUT2D eigenvalue weighted by atomic mass is 16.5. The molecule has 1 saturated heterocycles. The van der Waals surface area contributed by atoms with Gasteiger partial charge in [-0.3, -0.25) is 4.79 Å². The Balaban J connectivity index is 2.11. The lowest BCUT2D eigenvalue weighted by atomic mass is 9.80. The average molecular weight is 256 g/mol. The van der Waals surface area contributed by atoms with Crippen LogP contribution < -0.4 is 5.32 Å². The number of piperidine rings is 1. The van der Waals surface area contributed by atoms with Crippen LogP contribution in [0.25, 0.3) is 0 Å². The largest absolute Gasteiger partial charge is 0.465 e. The van der Waals surface area contributed by atoms with E-state index >= 15 is 0 Å². The van der Waals surface area contributed by atoms with Crippen LogP contribution >= 0.6 is 0 Å². The number of hydrogen-bond donors (Lipinski definition) is 1. The van der Waals surface area contributed by atoms with E-state index in [4.69, 9.17) is 4.74 Å². The zero-order valence-corrected chi connectivity index (χ0v) is 12.1. The standard InChI is InChI=1S/C14H28N2O2/c1-4-5-10-18-13(17)11-15-12-14(2)6-8-16(3)9-7-14/h15H,4-12H2,1-3H3. The predicted octanol–water partition coefficient (Wildman–Crippen LogP) is 1.65. The number of hydrogen-bond acceptors (Lipinski definition) is 4. The third-order valence-corrected chi connectivity index (χ3v) is 3.78. The highest BCUT2D eigenvalue weighted by Gasteiger charge is 2.28. The number of carbonyl (C=O) groups excluding carboxylic acids is 1. The quantitative estimate of drug-likeness (QED) is 0.555. The third-order valence-electron chi connectivity index (χ3n) is 3.78. The number of unbranched alkanes of at least 4 members (excludes halogenated alkanes) is 1. The van der Waals surface area contributed by atoms with Gasteiger partial charge < -0.3 is 15.0 Å². The van der Waals surface area contributed by atoms with Gasteiger partial charge in [0.25, 0.3) is 0 Å². The Morgan fingerprint density at radius 3 is 2.67 bits per heavy atom. The van der Waals surface area contributed by atoms with Crippen molar-refractivity contribution in [3.63, 3.8) is 0 Å². The average Bonchev–Trinajstić information content (AvgIpc) is 2.34. The van der Waals surface area contributed by atoms with Gasteiger partial charge in [0.2, 0.25) is 0 Å². The van der Waals surface area contributed by atoms with Gasteiger partial charge in [0.1, 0.15) is 0 Å². The molecule has 0 aromatic rings. The topological polar surface area (TPSA) is 41.6 Å². The molecule has 0 radical (unpaired) electrons. The molecule has 0 atom stereocenters. The number of nitrogens with one attached hydrogen (secondary N) is 1. The molecule has 0 aromatic heterocycles. The van der Waals surface area contributed by atoms with Crippen LogP contribution in [0.5, 0.6) is 0 Å². The van der Waals surface area contributed by atoms with Crippen LogP contribution in [-0.2, 0) is 9.53 Å². The van der Waals surface area contributed by atoms with Crippen molar-refractivity contribution >= 4 is 5.97 Å². The Hall–Kier alpha value is -0.610. The number of likely N-dealkylation sites (tertiary alicyclic amines) is 1. The van der Waals surface area contributed by atoms with Gasteiger partial charge in [-0.05, 0) is 44.8 Å². The van der Waals surface area contributed by atoms with E-state index in [2.05, 4.69) is 31.1 Å². The van der Waals surface area contributed by atoms with Crippen molar-refractivity contribution in [2.75, 3.05) is 39.8 Å². The van der Waals surface area contributed by atoms with E-state index in [-0.39, 0.29) is 5.97 Å². The fourth-order valence-electron chi connectivity index (χ4n) is 2.18. The summed E-state index contributed by atoms with van der Waals surface area (Å²) in [6.07, 6.45) is 4.41. The molecule has 0 aromatic carbocycles. The molecular formula is C14H28N2O2. The van der Waals surface area contributed by atoms with Gasteiger partial charge in [-0.1, -0.05) is 20.3 Å². The molecule has 0 unspecified atom stereocenters. The van der Waals surface area contributed by atoms with Crippen LogP contribution in [0.4, 0.5) is 0 Å². The summed E-state index contributed by atoms with van der Waals surface area (Å²) >= 11 is 0. The second kappa shape index (κ2) is 7.74. The summed E-state index contributed by atoms with van der Waals surface area (Å²) in [5.74, 6) is -0.125. The fourth-order valence-corrected chi connectivity index (χ4v) is 2.18. The Labute approximate surface area is 111 Å². The first kappa shape index (κ1) is 15.4. The minimum Gasteiger partial charge on any atom is -0.465 e. The van der Waals surface area contributed by atoms with Crippen LogP contribution in [0.1, 0.15) is 39.5 Å². The first-order valence-corrected chi connectivity index (χ1v) is 7.11. The van der Waals surface area contributed by atoms with E-state index in [0.717, 1.165) is 32.5 Å². The van der Waals surface area contributed by atoms with E-state index in [1.807, 2.05) is 0 Å². The Morgan fingerprint density at radius 2 is 2.06 bits per heavy atom. The molecule has 18 heavy (non-hydrogen) atoms. The maximum atomic E-state index is 11.4. The minimum atomic E-state index is -0.125. The van der Waals surface area contributed by atoms with Gasteiger partial charge in [-0.2, -0.15) is 0 Å². The van der Waals surface area contributed by atoms with Crippen molar-refractivity contribution in [3.8, 4) is 0 Å². The molecule has 1 rings (SSSR count). The predicted molar refractivity (Wildman–Crippen MR) is 73.6 cm³/mol. The third kappa shape index (κ3) is 5.83. The molecule has 1 heterocycles. The van der Waals surface area contributed by atoms with E-state index in [1.54, 1.807) is 0 Å². The molecule has 0 bridgehead atoms. The van der Waals surface area contributed by atoms with Crippen molar-refractivity contribution in [2.24, 2.45) is 5.41 Å². The molecule has 106 valence electrons. The van der Waals surface area contributed by atoms with Gasteiger partial charge in [0, 0.05) is 6.54 Å². The summed E-state index contributed by atoms with van der Waals surface area (Å²) in [7, 11) is 2.16. The lowest BCUT2D eigenvalue weighted by molar-refractivity contribution is -0.142. The SMILES string of the molecule is CCCCOC(=O)CNCC1(C)CCN(C)CC1. The second-order valence-corrected chi connectivity index (χ2v) is 5.79. The molecular weight excluding hydrogens is 228 g/mol. The normalized spacial score (nSPS) is 19.7. The first-order valence-electron chi connectivity index (χ1n) is 7.11. The summed E-state index contributed by atoms with van der Waals surface area (Å²) < 4.78 is 5.11. The number of carbonyl (C=O) groups is 1. The highest BCUT2D eigenvalue weighted by Crippen LogP contribution is 2.29. The van der Waals surface area contributed by atoms with Gasteiger partial charge in [0.05, 0.1) is 13.2 Å². The molecule has 1 aliphatic rings. The zero-order chi connectivity index (χ0) is 13.4. The maximum Gasteiger partial charge on any atom is 0.319 e.